The zero-order chi connectivity index (χ0) is 15.1. The molecular formula is C16H16O2S3. The summed E-state index contributed by atoms with van der Waals surface area (Å²) < 4.78 is 11.0. The molecule has 0 saturated carbocycles. The van der Waals surface area contributed by atoms with Gasteiger partial charge >= 0.3 is 0 Å². The van der Waals surface area contributed by atoms with Crippen LogP contribution in [0.25, 0.3) is 0 Å². The van der Waals surface area contributed by atoms with Crippen molar-refractivity contribution in [2.45, 2.75) is 21.6 Å². The van der Waals surface area contributed by atoms with Gasteiger partial charge in [-0.05, 0) is 73.4 Å². The molecule has 0 N–H and O–H groups in total. The average Bonchev–Trinajstić information content (AvgIpc) is 2.48. The predicted molar refractivity (Wildman–Crippen MR) is 93.6 cm³/mol. The van der Waals surface area contributed by atoms with Crippen molar-refractivity contribution in [2.24, 2.45) is 0 Å². The van der Waals surface area contributed by atoms with Crippen LogP contribution in [0.3, 0.4) is 0 Å². The standard InChI is InChI=1S/C16H16O2S3/c1-3-18-16(19)21-15-6-4-5-14(11-15)20-13-9-7-12(17-2)8-10-13/h4-11H,3H2,1-2H3. The van der Waals surface area contributed by atoms with E-state index < -0.39 is 0 Å². The molecule has 0 aliphatic rings. The highest BCUT2D eigenvalue weighted by Crippen LogP contribution is 2.32. The van der Waals surface area contributed by atoms with Gasteiger partial charge in [-0.15, -0.1) is 0 Å². The van der Waals surface area contributed by atoms with E-state index >= 15 is 0 Å². The first-order valence-electron chi connectivity index (χ1n) is 6.48. The van der Waals surface area contributed by atoms with Crippen molar-refractivity contribution in [3.05, 3.63) is 48.5 Å². The molecule has 0 spiro atoms. The van der Waals surface area contributed by atoms with E-state index in [0.29, 0.717) is 11.0 Å². The van der Waals surface area contributed by atoms with Crippen molar-refractivity contribution in [3.8, 4) is 5.75 Å². The van der Waals surface area contributed by atoms with E-state index in [1.807, 2.05) is 43.3 Å². The van der Waals surface area contributed by atoms with Crippen LogP contribution in [0, 0.1) is 0 Å². The average molecular weight is 337 g/mol. The smallest absolute Gasteiger partial charge is 0.224 e. The van der Waals surface area contributed by atoms with E-state index in [1.165, 1.54) is 21.6 Å². The van der Waals surface area contributed by atoms with E-state index in [9.17, 15) is 0 Å². The Morgan fingerprint density at radius 2 is 1.76 bits per heavy atom. The third-order valence-corrected chi connectivity index (χ3v) is 4.70. The number of hydrogen-bond acceptors (Lipinski definition) is 5. The van der Waals surface area contributed by atoms with E-state index in [2.05, 4.69) is 12.1 Å². The highest BCUT2D eigenvalue weighted by atomic mass is 32.2. The number of hydrogen-bond donors (Lipinski definition) is 0. The van der Waals surface area contributed by atoms with Gasteiger partial charge in [-0.2, -0.15) is 0 Å². The number of methoxy groups -OCH3 is 1. The van der Waals surface area contributed by atoms with Gasteiger partial charge in [0.05, 0.1) is 13.7 Å². The quantitative estimate of drug-likeness (QED) is 0.546. The Hall–Kier alpha value is -1.17. The summed E-state index contributed by atoms with van der Waals surface area (Å²) >= 11 is 8.34. The molecule has 2 aromatic carbocycles. The Labute approximate surface area is 139 Å². The van der Waals surface area contributed by atoms with Crippen molar-refractivity contribution >= 4 is 40.1 Å². The van der Waals surface area contributed by atoms with Crippen molar-refractivity contribution in [3.63, 3.8) is 0 Å². The molecule has 0 aromatic heterocycles. The lowest BCUT2D eigenvalue weighted by molar-refractivity contribution is 0.346. The highest BCUT2D eigenvalue weighted by Gasteiger charge is 2.04. The number of thioether (sulfide) groups is 1. The molecule has 0 aliphatic carbocycles. The Morgan fingerprint density at radius 1 is 1.05 bits per heavy atom. The summed E-state index contributed by atoms with van der Waals surface area (Å²) in [6.45, 7) is 2.54. The first-order chi connectivity index (χ1) is 10.2. The zero-order valence-corrected chi connectivity index (χ0v) is 14.3. The van der Waals surface area contributed by atoms with Crippen LogP contribution in [0.5, 0.6) is 5.75 Å². The van der Waals surface area contributed by atoms with Crippen LogP contribution < -0.4 is 4.74 Å². The second-order valence-corrected chi connectivity index (χ2v) is 6.86. The lowest BCUT2D eigenvalue weighted by Gasteiger charge is -2.07. The van der Waals surface area contributed by atoms with Gasteiger partial charge in [-0.25, -0.2) is 0 Å². The first kappa shape index (κ1) is 16.2. The topological polar surface area (TPSA) is 18.5 Å². The SMILES string of the molecule is CCOC(=S)Sc1cccc(Sc2ccc(OC)cc2)c1. The van der Waals surface area contributed by atoms with Gasteiger partial charge in [0, 0.05) is 14.7 Å². The molecule has 2 rings (SSSR count). The summed E-state index contributed by atoms with van der Waals surface area (Å²) in [5.74, 6) is 0.866. The Bertz CT molecular complexity index is 597. The molecule has 0 heterocycles. The lowest BCUT2D eigenvalue weighted by atomic mass is 10.3. The lowest BCUT2D eigenvalue weighted by Crippen LogP contribution is -1.94. The number of rotatable bonds is 5. The summed E-state index contributed by atoms with van der Waals surface area (Å²) in [5.41, 5.74) is 0. The minimum absolute atomic E-state index is 0.559. The molecule has 2 aromatic rings. The van der Waals surface area contributed by atoms with Crippen molar-refractivity contribution in [1.29, 1.82) is 0 Å². The monoisotopic (exact) mass is 336 g/mol. The van der Waals surface area contributed by atoms with Crippen molar-refractivity contribution < 1.29 is 9.47 Å². The normalized spacial score (nSPS) is 10.2. The van der Waals surface area contributed by atoms with Gasteiger partial charge in [0.25, 0.3) is 0 Å². The maximum absolute atomic E-state index is 5.30. The fraction of sp³-hybridized carbons (Fsp3) is 0.188. The van der Waals surface area contributed by atoms with Gasteiger partial charge in [0.15, 0.2) is 0 Å². The van der Waals surface area contributed by atoms with E-state index in [0.717, 1.165) is 10.6 Å². The minimum atomic E-state index is 0.559. The molecule has 0 amide bonds. The second kappa shape index (κ2) is 8.32. The first-order valence-corrected chi connectivity index (χ1v) is 8.52. The second-order valence-electron chi connectivity index (χ2n) is 4.04. The summed E-state index contributed by atoms with van der Waals surface area (Å²) in [6.07, 6.45) is 0. The number of benzene rings is 2. The molecule has 0 radical (unpaired) electrons. The molecule has 0 atom stereocenters. The van der Waals surface area contributed by atoms with Gasteiger partial charge in [-0.3, -0.25) is 0 Å². The van der Waals surface area contributed by atoms with Crippen LogP contribution >= 0.6 is 35.7 Å². The van der Waals surface area contributed by atoms with E-state index in [1.54, 1.807) is 18.9 Å². The summed E-state index contributed by atoms with van der Waals surface area (Å²) in [6, 6.07) is 16.3. The summed E-state index contributed by atoms with van der Waals surface area (Å²) in [7, 11) is 1.67. The van der Waals surface area contributed by atoms with Gasteiger partial charge in [0.1, 0.15) is 5.75 Å². The predicted octanol–water partition coefficient (Wildman–Crippen LogP) is 5.26. The van der Waals surface area contributed by atoms with Gasteiger partial charge in [-0.1, -0.05) is 17.8 Å². The van der Waals surface area contributed by atoms with Gasteiger partial charge < -0.3 is 9.47 Å². The molecule has 0 fully saturated rings. The Morgan fingerprint density at radius 3 is 2.43 bits per heavy atom. The Kier molecular flexibility index (Phi) is 6.42. The van der Waals surface area contributed by atoms with Gasteiger partial charge in [0.2, 0.25) is 4.38 Å². The molecule has 0 aliphatic heterocycles. The fourth-order valence-electron chi connectivity index (χ4n) is 1.62. The fourth-order valence-corrected chi connectivity index (χ4v) is 3.68. The van der Waals surface area contributed by atoms with Crippen LogP contribution in [-0.4, -0.2) is 18.1 Å². The third kappa shape index (κ3) is 5.26. The molecule has 5 heteroatoms. The molecule has 110 valence electrons. The number of ether oxygens (including phenoxy) is 2. The largest absolute Gasteiger partial charge is 0.497 e. The molecular weight excluding hydrogens is 320 g/mol. The molecule has 0 unspecified atom stereocenters. The van der Waals surface area contributed by atoms with Crippen molar-refractivity contribution in [1.82, 2.24) is 0 Å². The summed E-state index contributed by atoms with van der Waals surface area (Å²) in [4.78, 5) is 3.43. The van der Waals surface area contributed by atoms with Crippen LogP contribution in [0.4, 0.5) is 0 Å². The van der Waals surface area contributed by atoms with Crippen molar-refractivity contribution in [2.75, 3.05) is 13.7 Å². The molecule has 21 heavy (non-hydrogen) atoms. The molecule has 0 bridgehead atoms. The molecule has 2 nitrogen and oxygen atoms in total. The van der Waals surface area contributed by atoms with Crippen LogP contribution in [0.2, 0.25) is 0 Å². The highest BCUT2D eigenvalue weighted by molar-refractivity contribution is 8.22. The zero-order valence-electron chi connectivity index (χ0n) is 11.9. The molecule has 0 saturated heterocycles. The third-order valence-electron chi connectivity index (χ3n) is 2.56. The minimum Gasteiger partial charge on any atom is -0.497 e. The maximum atomic E-state index is 5.30. The van der Waals surface area contributed by atoms with Crippen LogP contribution in [0.15, 0.2) is 63.2 Å². The van der Waals surface area contributed by atoms with Crippen LogP contribution in [-0.2, 0) is 4.74 Å². The van der Waals surface area contributed by atoms with E-state index in [-0.39, 0.29) is 0 Å². The maximum Gasteiger partial charge on any atom is 0.224 e. The van der Waals surface area contributed by atoms with E-state index in [4.69, 9.17) is 21.7 Å². The number of thiocarbonyl (C=S) groups is 1. The van der Waals surface area contributed by atoms with Crippen LogP contribution in [0.1, 0.15) is 6.92 Å². The Balaban J connectivity index is 2.04. The summed E-state index contributed by atoms with van der Waals surface area (Å²) in [5, 5.41) is 0.